The van der Waals surface area contributed by atoms with Crippen molar-refractivity contribution in [2.75, 3.05) is 0 Å². The van der Waals surface area contributed by atoms with Gasteiger partial charge in [0.1, 0.15) is 17.0 Å². The van der Waals surface area contributed by atoms with E-state index in [9.17, 15) is 4.79 Å². The fraction of sp³-hybridized carbons (Fsp3) is 0.200. The van der Waals surface area contributed by atoms with E-state index < -0.39 is 0 Å². The van der Waals surface area contributed by atoms with Crippen LogP contribution in [0.15, 0.2) is 24.0 Å². The molecule has 2 aromatic heterocycles. The number of nitrogens with zero attached hydrogens (tertiary/aromatic N) is 3. The molecule has 0 aliphatic heterocycles. The number of rotatable bonds is 4. The Morgan fingerprint density at radius 1 is 1.53 bits per heavy atom. The Balaban J connectivity index is 1.93. The van der Waals surface area contributed by atoms with Gasteiger partial charge in [0.15, 0.2) is 0 Å². The van der Waals surface area contributed by atoms with Crippen molar-refractivity contribution in [3.63, 3.8) is 0 Å². The first-order valence-corrected chi connectivity index (χ1v) is 5.85. The Kier molecular flexibility index (Phi) is 3.73. The molecule has 1 amide bonds. The molecule has 0 radical (unpaired) electrons. The van der Waals surface area contributed by atoms with E-state index in [0.717, 1.165) is 10.7 Å². The molecule has 0 spiro atoms. The topological polar surface area (TPSA) is 93.8 Å². The van der Waals surface area contributed by atoms with E-state index in [-0.39, 0.29) is 5.91 Å². The first kappa shape index (κ1) is 11.6. The minimum absolute atomic E-state index is 0.223. The summed E-state index contributed by atoms with van der Waals surface area (Å²) < 4.78 is 0. The number of hydrogen-bond acceptors (Lipinski definition) is 6. The summed E-state index contributed by atoms with van der Waals surface area (Å²) in [5, 5.41) is 5.17. The maximum atomic E-state index is 11.7. The largest absolute Gasteiger partial charge is 0.345 e. The van der Waals surface area contributed by atoms with Crippen LogP contribution in [-0.4, -0.2) is 20.9 Å². The van der Waals surface area contributed by atoms with Gasteiger partial charge in [-0.2, -0.15) is 0 Å². The van der Waals surface area contributed by atoms with Crippen LogP contribution in [0.25, 0.3) is 0 Å². The number of nitrogens with one attached hydrogen (secondary N) is 1. The van der Waals surface area contributed by atoms with E-state index >= 15 is 0 Å². The monoisotopic (exact) mass is 249 g/mol. The highest BCUT2D eigenvalue weighted by Crippen LogP contribution is 2.08. The zero-order valence-electron chi connectivity index (χ0n) is 8.96. The molecule has 0 aromatic carbocycles. The molecule has 0 aliphatic carbocycles. The van der Waals surface area contributed by atoms with Gasteiger partial charge in [-0.25, -0.2) is 15.0 Å². The molecule has 7 heteroatoms. The van der Waals surface area contributed by atoms with E-state index in [1.54, 1.807) is 17.6 Å². The van der Waals surface area contributed by atoms with Gasteiger partial charge in [0.2, 0.25) is 0 Å². The average Bonchev–Trinajstić information content (AvgIpc) is 2.86. The highest BCUT2D eigenvalue weighted by Gasteiger charge is 2.09. The van der Waals surface area contributed by atoms with Crippen LogP contribution in [0.4, 0.5) is 0 Å². The van der Waals surface area contributed by atoms with Gasteiger partial charge in [0.05, 0.1) is 12.2 Å². The lowest BCUT2D eigenvalue weighted by atomic mass is 10.4. The molecule has 88 valence electrons. The summed E-state index contributed by atoms with van der Waals surface area (Å²) in [5.74, 6) is -0.223. The Morgan fingerprint density at radius 2 is 2.41 bits per heavy atom. The Bertz CT molecular complexity index is 498. The second-order valence-corrected chi connectivity index (χ2v) is 4.16. The van der Waals surface area contributed by atoms with E-state index in [4.69, 9.17) is 5.73 Å². The van der Waals surface area contributed by atoms with Crippen molar-refractivity contribution < 1.29 is 4.79 Å². The number of nitrogens with two attached hydrogens (primary N) is 1. The molecular weight excluding hydrogens is 238 g/mol. The van der Waals surface area contributed by atoms with Crippen molar-refractivity contribution in [1.82, 2.24) is 20.3 Å². The molecule has 17 heavy (non-hydrogen) atoms. The lowest BCUT2D eigenvalue weighted by Gasteiger charge is -2.01. The van der Waals surface area contributed by atoms with Crippen LogP contribution in [0.2, 0.25) is 0 Å². The summed E-state index contributed by atoms with van der Waals surface area (Å²) in [7, 11) is 0. The molecule has 0 saturated heterocycles. The summed E-state index contributed by atoms with van der Waals surface area (Å²) >= 11 is 1.38. The third-order valence-corrected chi connectivity index (χ3v) is 2.90. The second-order valence-electron chi connectivity index (χ2n) is 3.21. The maximum Gasteiger partial charge on any atom is 0.271 e. The molecular formula is C10H11N5OS. The van der Waals surface area contributed by atoms with Crippen molar-refractivity contribution in [3.05, 3.63) is 40.4 Å². The molecule has 3 N–H and O–H groups in total. The molecule has 0 atom stereocenters. The lowest BCUT2D eigenvalue weighted by molar-refractivity contribution is 0.0946. The molecule has 2 heterocycles. The standard InChI is InChI=1S/C10H11N5OS/c11-3-9-15-8(5-17-9)10(16)13-4-7-1-2-12-6-14-7/h1-2,5-6H,3-4,11H2,(H,13,16). The molecule has 0 fully saturated rings. The van der Waals surface area contributed by atoms with E-state index in [2.05, 4.69) is 20.3 Å². The van der Waals surface area contributed by atoms with Crippen molar-refractivity contribution >= 4 is 17.2 Å². The van der Waals surface area contributed by atoms with E-state index in [1.165, 1.54) is 17.7 Å². The summed E-state index contributed by atoms with van der Waals surface area (Å²) in [6.45, 7) is 0.709. The summed E-state index contributed by atoms with van der Waals surface area (Å²) in [6, 6.07) is 1.74. The van der Waals surface area contributed by atoms with Gasteiger partial charge in [0.25, 0.3) is 5.91 Å². The quantitative estimate of drug-likeness (QED) is 0.814. The third-order valence-electron chi connectivity index (χ3n) is 2.03. The highest BCUT2D eigenvalue weighted by atomic mass is 32.1. The predicted molar refractivity (Wildman–Crippen MR) is 63.2 cm³/mol. The molecule has 0 bridgehead atoms. The normalized spacial score (nSPS) is 10.2. The van der Waals surface area contributed by atoms with Crippen LogP contribution in [0.3, 0.4) is 0 Å². The zero-order valence-corrected chi connectivity index (χ0v) is 9.78. The Morgan fingerprint density at radius 3 is 3.06 bits per heavy atom. The van der Waals surface area contributed by atoms with Gasteiger partial charge in [-0.3, -0.25) is 4.79 Å². The van der Waals surface area contributed by atoms with Crippen LogP contribution >= 0.6 is 11.3 Å². The molecule has 0 unspecified atom stereocenters. The fourth-order valence-electron chi connectivity index (χ4n) is 1.19. The number of amides is 1. The lowest BCUT2D eigenvalue weighted by Crippen LogP contribution is -2.23. The van der Waals surface area contributed by atoms with Gasteiger partial charge >= 0.3 is 0 Å². The van der Waals surface area contributed by atoms with Crippen molar-refractivity contribution in [2.45, 2.75) is 13.1 Å². The molecule has 2 aromatic rings. The summed E-state index contributed by atoms with van der Waals surface area (Å²) in [4.78, 5) is 23.6. The first-order chi connectivity index (χ1) is 8.29. The zero-order chi connectivity index (χ0) is 12.1. The number of hydrogen-bond donors (Lipinski definition) is 2. The highest BCUT2D eigenvalue weighted by molar-refractivity contribution is 7.09. The SMILES string of the molecule is NCc1nc(C(=O)NCc2ccncn2)cs1. The maximum absolute atomic E-state index is 11.7. The van der Waals surface area contributed by atoms with Crippen LogP contribution in [0, 0.1) is 0 Å². The predicted octanol–water partition coefficient (Wildman–Crippen LogP) is 0.322. The minimum atomic E-state index is -0.223. The number of carbonyl (C=O) groups is 1. The van der Waals surface area contributed by atoms with E-state index in [1.807, 2.05) is 0 Å². The summed E-state index contributed by atoms with van der Waals surface area (Å²) in [5.41, 5.74) is 6.57. The van der Waals surface area contributed by atoms with Gasteiger partial charge in [-0.05, 0) is 6.07 Å². The molecule has 0 saturated carbocycles. The fourth-order valence-corrected chi connectivity index (χ4v) is 1.85. The number of aromatic nitrogens is 3. The van der Waals surface area contributed by atoms with Crippen LogP contribution in [0.5, 0.6) is 0 Å². The molecule has 6 nitrogen and oxygen atoms in total. The van der Waals surface area contributed by atoms with Gasteiger partial charge in [-0.15, -0.1) is 11.3 Å². The van der Waals surface area contributed by atoms with Gasteiger partial charge in [-0.1, -0.05) is 0 Å². The average molecular weight is 249 g/mol. The van der Waals surface area contributed by atoms with Crippen molar-refractivity contribution in [2.24, 2.45) is 5.73 Å². The second kappa shape index (κ2) is 5.46. The van der Waals surface area contributed by atoms with Crippen molar-refractivity contribution in [3.8, 4) is 0 Å². The minimum Gasteiger partial charge on any atom is -0.345 e. The molecule has 2 rings (SSSR count). The Hall–Kier alpha value is -1.86. The van der Waals surface area contributed by atoms with Gasteiger partial charge in [0, 0.05) is 18.1 Å². The Labute approximate surface area is 102 Å². The number of carbonyl (C=O) groups excluding carboxylic acids is 1. The smallest absolute Gasteiger partial charge is 0.271 e. The van der Waals surface area contributed by atoms with Crippen molar-refractivity contribution in [1.29, 1.82) is 0 Å². The van der Waals surface area contributed by atoms with Crippen LogP contribution in [-0.2, 0) is 13.1 Å². The van der Waals surface area contributed by atoms with Crippen LogP contribution < -0.4 is 11.1 Å². The van der Waals surface area contributed by atoms with E-state index in [0.29, 0.717) is 18.8 Å². The van der Waals surface area contributed by atoms with Gasteiger partial charge < -0.3 is 11.1 Å². The first-order valence-electron chi connectivity index (χ1n) is 4.97. The summed E-state index contributed by atoms with van der Waals surface area (Å²) in [6.07, 6.45) is 3.07. The molecule has 0 aliphatic rings. The third kappa shape index (κ3) is 3.05. The van der Waals surface area contributed by atoms with Crippen LogP contribution in [0.1, 0.15) is 21.2 Å². The number of thiazole rings is 1.